The molecule has 1 saturated heterocycles. The first-order chi connectivity index (χ1) is 12.7. The first-order valence-corrected chi connectivity index (χ1v) is 9.92. The molecule has 27 heavy (non-hydrogen) atoms. The first-order valence-electron chi connectivity index (χ1n) is 9.92. The van der Waals surface area contributed by atoms with Gasteiger partial charge in [-0.3, -0.25) is 14.9 Å². The van der Waals surface area contributed by atoms with Crippen molar-refractivity contribution in [2.45, 2.75) is 51.1 Å². The number of guanidine groups is 1. The van der Waals surface area contributed by atoms with Gasteiger partial charge in [-0.15, -0.1) is 24.0 Å². The van der Waals surface area contributed by atoms with Crippen molar-refractivity contribution in [2.24, 2.45) is 4.99 Å². The zero-order valence-electron chi connectivity index (χ0n) is 16.7. The predicted octanol–water partition coefficient (Wildman–Crippen LogP) is 2.71. The van der Waals surface area contributed by atoms with E-state index >= 15 is 0 Å². The molecule has 0 spiro atoms. The van der Waals surface area contributed by atoms with Crippen LogP contribution in [-0.4, -0.2) is 61.3 Å². The van der Waals surface area contributed by atoms with Crippen LogP contribution in [0, 0.1) is 6.92 Å². The molecule has 0 unspecified atom stereocenters. The minimum absolute atomic E-state index is 0. The van der Waals surface area contributed by atoms with E-state index in [0.29, 0.717) is 6.54 Å². The Labute approximate surface area is 180 Å². The minimum atomic E-state index is 0. The van der Waals surface area contributed by atoms with Crippen LogP contribution in [0.5, 0.6) is 0 Å². The second kappa shape index (κ2) is 11.2. The number of aryl methyl sites for hydroxylation is 1. The van der Waals surface area contributed by atoms with E-state index in [1.54, 1.807) is 0 Å². The summed E-state index contributed by atoms with van der Waals surface area (Å²) in [6.07, 6.45) is 6.52. The molecule has 1 aliphatic carbocycles. The van der Waals surface area contributed by atoms with E-state index in [-0.39, 0.29) is 29.5 Å². The molecule has 0 atom stereocenters. The molecule has 7 heteroatoms. The van der Waals surface area contributed by atoms with Gasteiger partial charge in [-0.05, 0) is 31.9 Å². The van der Waals surface area contributed by atoms with Crippen molar-refractivity contribution >= 4 is 29.9 Å². The number of nitrogens with one attached hydrogen (secondary N) is 2. The van der Waals surface area contributed by atoms with E-state index in [4.69, 9.17) is 4.74 Å². The van der Waals surface area contributed by atoms with Crippen molar-refractivity contribution in [1.82, 2.24) is 20.5 Å². The van der Waals surface area contributed by atoms with Gasteiger partial charge in [0.05, 0.1) is 25.5 Å². The largest absolute Gasteiger partial charge is 0.379 e. The van der Waals surface area contributed by atoms with Crippen molar-refractivity contribution in [3.8, 4) is 0 Å². The van der Waals surface area contributed by atoms with Crippen LogP contribution < -0.4 is 10.6 Å². The maximum Gasteiger partial charge on any atom is 0.191 e. The van der Waals surface area contributed by atoms with Gasteiger partial charge in [0.15, 0.2) is 5.96 Å². The van der Waals surface area contributed by atoms with Crippen LogP contribution in [-0.2, 0) is 11.3 Å². The van der Waals surface area contributed by atoms with E-state index < -0.39 is 0 Å². The number of morpholine rings is 1. The highest BCUT2D eigenvalue weighted by molar-refractivity contribution is 14.0. The summed E-state index contributed by atoms with van der Waals surface area (Å²) < 4.78 is 5.57. The first kappa shape index (κ1) is 22.4. The van der Waals surface area contributed by atoms with E-state index in [1.165, 1.54) is 32.1 Å². The summed E-state index contributed by atoms with van der Waals surface area (Å²) in [7, 11) is 1.83. The average Bonchev–Trinajstić information content (AvgIpc) is 2.69. The van der Waals surface area contributed by atoms with Crippen molar-refractivity contribution in [3.05, 3.63) is 29.6 Å². The molecule has 0 bridgehead atoms. The van der Waals surface area contributed by atoms with Gasteiger partial charge in [-0.2, -0.15) is 0 Å². The Bertz CT molecular complexity index is 598. The van der Waals surface area contributed by atoms with E-state index in [0.717, 1.165) is 50.2 Å². The minimum Gasteiger partial charge on any atom is -0.379 e. The lowest BCUT2D eigenvalue weighted by molar-refractivity contribution is -0.0352. The van der Waals surface area contributed by atoms with Gasteiger partial charge < -0.3 is 15.4 Å². The molecular weight excluding hydrogens is 453 g/mol. The lowest BCUT2D eigenvalue weighted by Gasteiger charge is -2.48. The fourth-order valence-electron chi connectivity index (χ4n) is 4.19. The predicted molar refractivity (Wildman–Crippen MR) is 121 cm³/mol. The van der Waals surface area contributed by atoms with Crippen LogP contribution in [0.15, 0.2) is 23.2 Å². The summed E-state index contributed by atoms with van der Waals surface area (Å²) in [6, 6.07) is 6.11. The van der Waals surface area contributed by atoms with Crippen molar-refractivity contribution in [2.75, 3.05) is 39.9 Å². The van der Waals surface area contributed by atoms with Crippen molar-refractivity contribution in [3.63, 3.8) is 0 Å². The third-order valence-electron chi connectivity index (χ3n) is 5.66. The third kappa shape index (κ3) is 6.29. The Morgan fingerprint density at radius 2 is 1.93 bits per heavy atom. The molecule has 1 aliphatic heterocycles. The number of aromatic nitrogens is 1. The molecule has 1 aromatic rings. The molecule has 2 N–H and O–H groups in total. The van der Waals surface area contributed by atoms with Crippen molar-refractivity contribution < 1.29 is 4.74 Å². The highest BCUT2D eigenvalue weighted by Gasteiger charge is 2.38. The number of hydrogen-bond acceptors (Lipinski definition) is 4. The van der Waals surface area contributed by atoms with Crippen LogP contribution in [0.4, 0.5) is 0 Å². The number of pyridine rings is 1. The Balaban J connectivity index is 0.00000261. The third-order valence-corrected chi connectivity index (χ3v) is 5.66. The zero-order valence-corrected chi connectivity index (χ0v) is 19.0. The van der Waals surface area contributed by atoms with Gasteiger partial charge in [0.25, 0.3) is 0 Å². The molecule has 2 fully saturated rings. The Morgan fingerprint density at radius 1 is 1.19 bits per heavy atom. The fraction of sp³-hybridized carbons (Fsp3) is 0.700. The van der Waals surface area contributed by atoms with Crippen LogP contribution in [0.1, 0.15) is 43.5 Å². The van der Waals surface area contributed by atoms with Crippen LogP contribution >= 0.6 is 24.0 Å². The molecule has 2 heterocycles. The van der Waals surface area contributed by atoms with Crippen LogP contribution in [0.3, 0.4) is 0 Å². The lowest BCUT2D eigenvalue weighted by Crippen LogP contribution is -2.60. The molecular formula is C20H34IN5O. The van der Waals surface area contributed by atoms with Gasteiger partial charge in [0, 0.05) is 37.9 Å². The molecule has 1 aromatic heterocycles. The average molecular weight is 487 g/mol. The van der Waals surface area contributed by atoms with Gasteiger partial charge in [-0.25, -0.2) is 0 Å². The summed E-state index contributed by atoms with van der Waals surface area (Å²) in [5, 5.41) is 7.00. The summed E-state index contributed by atoms with van der Waals surface area (Å²) in [5.74, 6) is 0.853. The van der Waals surface area contributed by atoms with Crippen LogP contribution in [0.2, 0.25) is 0 Å². The van der Waals surface area contributed by atoms with Gasteiger partial charge in [0.2, 0.25) is 0 Å². The molecule has 2 aliphatic rings. The monoisotopic (exact) mass is 487 g/mol. The molecule has 0 amide bonds. The Kier molecular flexibility index (Phi) is 9.25. The summed E-state index contributed by atoms with van der Waals surface area (Å²) in [4.78, 5) is 11.6. The molecule has 0 aromatic carbocycles. The molecule has 6 nitrogen and oxygen atoms in total. The number of halogens is 1. The van der Waals surface area contributed by atoms with E-state index in [9.17, 15) is 0 Å². The van der Waals surface area contributed by atoms with E-state index in [1.807, 2.05) is 32.2 Å². The lowest BCUT2D eigenvalue weighted by atomic mass is 9.80. The quantitative estimate of drug-likeness (QED) is 0.380. The topological polar surface area (TPSA) is 61.8 Å². The van der Waals surface area contributed by atoms with E-state index in [2.05, 4.69) is 25.5 Å². The highest BCUT2D eigenvalue weighted by atomic mass is 127. The SMILES string of the molecule is CN=C(NCc1cccc(C)n1)NCC1(N2CCOCC2)CCCCC1.I. The summed E-state index contributed by atoms with van der Waals surface area (Å²) in [5.41, 5.74) is 2.32. The van der Waals surface area contributed by atoms with Gasteiger partial charge in [-0.1, -0.05) is 25.3 Å². The second-order valence-corrected chi connectivity index (χ2v) is 7.43. The smallest absolute Gasteiger partial charge is 0.191 e. The number of ether oxygens (including phenoxy) is 1. The molecule has 152 valence electrons. The second-order valence-electron chi connectivity index (χ2n) is 7.43. The summed E-state index contributed by atoms with van der Waals surface area (Å²) >= 11 is 0. The van der Waals surface area contributed by atoms with Crippen LogP contribution in [0.25, 0.3) is 0 Å². The normalized spacial score (nSPS) is 20.6. The number of hydrogen-bond donors (Lipinski definition) is 2. The molecule has 0 radical (unpaired) electrons. The zero-order chi connectivity index (χ0) is 18.2. The number of aliphatic imine (C=N–C) groups is 1. The van der Waals surface area contributed by atoms with Gasteiger partial charge in [0.1, 0.15) is 0 Å². The Morgan fingerprint density at radius 3 is 2.59 bits per heavy atom. The highest BCUT2D eigenvalue weighted by Crippen LogP contribution is 2.33. The van der Waals surface area contributed by atoms with Crippen molar-refractivity contribution in [1.29, 1.82) is 0 Å². The molecule has 3 rings (SSSR count). The molecule has 1 saturated carbocycles. The fourth-order valence-corrected chi connectivity index (χ4v) is 4.19. The Hall–Kier alpha value is -0.930. The maximum atomic E-state index is 5.57. The summed E-state index contributed by atoms with van der Waals surface area (Å²) in [6.45, 7) is 7.44. The number of nitrogens with zero attached hydrogens (tertiary/aromatic N) is 3. The maximum absolute atomic E-state index is 5.57. The number of rotatable bonds is 5. The standard InChI is InChI=1S/C20H33N5O.HI/c1-17-7-6-8-18(24-17)15-22-19(21-2)23-16-20(9-4-3-5-10-20)25-11-13-26-14-12-25;/h6-8H,3-5,9-16H2,1-2H3,(H2,21,22,23);1H. The van der Waals surface area contributed by atoms with Gasteiger partial charge >= 0.3 is 0 Å².